The summed E-state index contributed by atoms with van der Waals surface area (Å²) in [4.78, 5) is 50.5. The third-order valence-corrected chi connectivity index (χ3v) is 5.67. The van der Waals surface area contributed by atoms with E-state index in [-0.39, 0.29) is 5.92 Å². The summed E-state index contributed by atoms with van der Waals surface area (Å²) in [5.74, 6) is -4.35. The van der Waals surface area contributed by atoms with E-state index in [4.69, 9.17) is 54.2 Å². The minimum Gasteiger partial charge on any atom is -0.480 e. The number of nitrogens with two attached hydrogens (primary N) is 5. The summed E-state index contributed by atoms with van der Waals surface area (Å²) in [6.45, 7) is 8.87. The molecular formula is C32H53N5O10. The third-order valence-electron chi connectivity index (χ3n) is 5.67. The predicted octanol–water partition coefficient (Wildman–Crippen LogP) is 1.20. The van der Waals surface area contributed by atoms with Crippen LogP contribution in [0, 0.1) is 11.8 Å². The molecule has 0 unspecified atom stereocenters. The number of carboxylic acid groups (broad SMARTS) is 5. The van der Waals surface area contributed by atoms with Crippen molar-refractivity contribution in [3.05, 3.63) is 71.8 Å². The Morgan fingerprint density at radius 2 is 0.809 bits per heavy atom. The summed E-state index contributed by atoms with van der Waals surface area (Å²) < 4.78 is 0. The zero-order valence-electron chi connectivity index (χ0n) is 27.6. The van der Waals surface area contributed by atoms with Gasteiger partial charge in [-0.15, -0.1) is 0 Å². The average Bonchev–Trinajstić information content (AvgIpc) is 2.98. The summed E-state index contributed by atoms with van der Waals surface area (Å²) >= 11 is 0. The van der Waals surface area contributed by atoms with Crippen LogP contribution in [0.3, 0.4) is 0 Å². The molecule has 0 aromatic heterocycles. The number of carbonyl (C=O) groups is 5. The monoisotopic (exact) mass is 667 g/mol. The second-order valence-corrected chi connectivity index (χ2v) is 11.1. The first-order valence-corrected chi connectivity index (χ1v) is 14.6. The molecule has 266 valence electrons. The quantitative estimate of drug-likeness (QED) is 0.152. The molecule has 47 heavy (non-hydrogen) atoms. The van der Waals surface area contributed by atoms with Gasteiger partial charge < -0.3 is 54.2 Å². The van der Waals surface area contributed by atoms with E-state index in [1.807, 2.05) is 74.5 Å². The molecule has 15 N–H and O–H groups in total. The molecule has 15 nitrogen and oxygen atoms in total. The maximum Gasteiger partial charge on any atom is 0.320 e. The van der Waals surface area contributed by atoms with Gasteiger partial charge in [0.15, 0.2) is 0 Å². The zero-order chi connectivity index (χ0) is 37.3. The van der Waals surface area contributed by atoms with Gasteiger partial charge in [0.1, 0.15) is 30.2 Å². The molecule has 0 saturated heterocycles. The molecule has 2 rings (SSSR count). The smallest absolute Gasteiger partial charge is 0.320 e. The fourth-order valence-corrected chi connectivity index (χ4v) is 2.80. The molecule has 2 aromatic rings. The van der Waals surface area contributed by atoms with Gasteiger partial charge in [0.2, 0.25) is 0 Å². The van der Waals surface area contributed by atoms with E-state index in [2.05, 4.69) is 0 Å². The van der Waals surface area contributed by atoms with Crippen LogP contribution >= 0.6 is 0 Å². The molecule has 0 fully saturated rings. The van der Waals surface area contributed by atoms with Crippen LogP contribution in [-0.2, 0) is 36.8 Å². The standard InChI is InChI=1S/2C9H11NO2.C6H13NO2.C5H11NO2.C3H7NO2/c2*10-8(9(11)12)6-7-4-2-1-3-5-7;1-4(2)3-5(7)6(8)9;1-3(2)4(6)5(7)8;1-2(4)3(5)6/h2*1-5,8H,6,10H2,(H,11,12);4-5H,3,7H2,1-2H3,(H,8,9);3-4H,6H2,1-2H3,(H,7,8);2H,4H2,1H3,(H,5,6)/t2*8-;5-;4-;2-/m00000/s1. The topological polar surface area (TPSA) is 317 Å². The van der Waals surface area contributed by atoms with E-state index in [0.29, 0.717) is 25.2 Å². The van der Waals surface area contributed by atoms with Crippen molar-refractivity contribution in [2.75, 3.05) is 0 Å². The van der Waals surface area contributed by atoms with Crippen molar-refractivity contribution >= 4 is 29.8 Å². The number of benzene rings is 2. The maximum atomic E-state index is 10.4. The Hall–Kier alpha value is -4.41. The Kier molecular flexibility index (Phi) is 26.8. The minimum atomic E-state index is -0.963. The summed E-state index contributed by atoms with van der Waals surface area (Å²) in [5.41, 5.74) is 27.8. The second-order valence-electron chi connectivity index (χ2n) is 11.1. The van der Waals surface area contributed by atoms with Crippen molar-refractivity contribution < 1.29 is 49.5 Å². The molecule has 0 aliphatic rings. The van der Waals surface area contributed by atoms with Crippen LogP contribution in [-0.4, -0.2) is 85.6 Å². The van der Waals surface area contributed by atoms with E-state index in [1.54, 1.807) is 13.8 Å². The van der Waals surface area contributed by atoms with Crippen LogP contribution in [0.15, 0.2) is 60.7 Å². The molecule has 0 heterocycles. The van der Waals surface area contributed by atoms with E-state index in [9.17, 15) is 24.0 Å². The van der Waals surface area contributed by atoms with Crippen molar-refractivity contribution in [3.8, 4) is 0 Å². The van der Waals surface area contributed by atoms with Crippen LogP contribution in [0.2, 0.25) is 0 Å². The molecule has 5 atom stereocenters. The average molecular weight is 668 g/mol. The molecule has 0 aliphatic carbocycles. The summed E-state index contributed by atoms with van der Waals surface area (Å²) in [6.07, 6.45) is 1.32. The van der Waals surface area contributed by atoms with Crippen LogP contribution in [0.5, 0.6) is 0 Å². The van der Waals surface area contributed by atoms with Crippen molar-refractivity contribution in [1.82, 2.24) is 0 Å². The molecular weight excluding hydrogens is 614 g/mol. The van der Waals surface area contributed by atoms with Gasteiger partial charge in [0, 0.05) is 0 Å². The Morgan fingerprint density at radius 3 is 0.957 bits per heavy atom. The van der Waals surface area contributed by atoms with Gasteiger partial charge in [-0.1, -0.05) is 88.4 Å². The first-order chi connectivity index (χ1) is 21.6. The highest BCUT2D eigenvalue weighted by Gasteiger charge is 2.15. The molecule has 2 aromatic carbocycles. The number of hydrogen-bond acceptors (Lipinski definition) is 10. The van der Waals surface area contributed by atoms with Crippen molar-refractivity contribution in [2.24, 2.45) is 40.5 Å². The largest absolute Gasteiger partial charge is 0.480 e. The van der Waals surface area contributed by atoms with Gasteiger partial charge in [0.05, 0.1) is 0 Å². The Balaban J connectivity index is -0.000000527. The van der Waals surface area contributed by atoms with Crippen LogP contribution < -0.4 is 28.7 Å². The minimum absolute atomic E-state index is 0.0208. The summed E-state index contributed by atoms with van der Waals surface area (Å²) in [5, 5.41) is 41.4. The van der Waals surface area contributed by atoms with E-state index < -0.39 is 60.1 Å². The van der Waals surface area contributed by atoms with Crippen molar-refractivity contribution in [2.45, 2.75) is 84.1 Å². The molecule has 15 heteroatoms. The third kappa shape index (κ3) is 28.8. The Labute approximate surface area is 275 Å². The maximum absolute atomic E-state index is 10.4. The number of carboxylic acids is 5. The highest BCUT2D eigenvalue weighted by molar-refractivity contribution is 5.74. The first kappa shape index (κ1) is 47.0. The Bertz CT molecular complexity index is 1110. The Morgan fingerprint density at radius 1 is 0.511 bits per heavy atom. The first-order valence-electron chi connectivity index (χ1n) is 14.6. The van der Waals surface area contributed by atoms with Gasteiger partial charge in [-0.3, -0.25) is 24.0 Å². The summed E-state index contributed by atoms with van der Waals surface area (Å²) in [7, 11) is 0. The molecule has 0 radical (unpaired) electrons. The van der Waals surface area contributed by atoms with E-state index in [0.717, 1.165) is 11.1 Å². The lowest BCUT2D eigenvalue weighted by Gasteiger charge is -2.07. The molecule has 0 amide bonds. The van der Waals surface area contributed by atoms with E-state index in [1.165, 1.54) is 6.92 Å². The van der Waals surface area contributed by atoms with Crippen LogP contribution in [0.1, 0.15) is 52.2 Å². The van der Waals surface area contributed by atoms with Gasteiger partial charge >= 0.3 is 29.8 Å². The van der Waals surface area contributed by atoms with Gasteiger partial charge in [0.25, 0.3) is 0 Å². The van der Waals surface area contributed by atoms with Gasteiger partial charge in [-0.05, 0) is 49.1 Å². The highest BCUT2D eigenvalue weighted by atomic mass is 16.4. The van der Waals surface area contributed by atoms with Crippen LogP contribution in [0.25, 0.3) is 0 Å². The van der Waals surface area contributed by atoms with Crippen molar-refractivity contribution in [1.29, 1.82) is 0 Å². The van der Waals surface area contributed by atoms with Crippen molar-refractivity contribution in [3.63, 3.8) is 0 Å². The fourth-order valence-electron chi connectivity index (χ4n) is 2.80. The lowest BCUT2D eigenvalue weighted by Crippen LogP contribution is -2.34. The SMILES string of the molecule is CC(C)C[C@H](N)C(=O)O.CC(C)[C@H](N)C(=O)O.C[C@H](N)C(=O)O.N[C@@H](Cc1ccccc1)C(=O)O.N[C@@H](Cc1ccccc1)C(=O)O. The fraction of sp³-hybridized carbons (Fsp3) is 0.469. The number of aliphatic carboxylic acids is 5. The normalized spacial score (nSPS) is 13.1. The van der Waals surface area contributed by atoms with E-state index >= 15 is 0 Å². The summed E-state index contributed by atoms with van der Waals surface area (Å²) in [6, 6.07) is 15.0. The molecule has 0 aliphatic heterocycles. The second kappa shape index (κ2) is 26.8. The van der Waals surface area contributed by atoms with Gasteiger partial charge in [-0.2, -0.15) is 0 Å². The number of rotatable bonds is 12. The lowest BCUT2D eigenvalue weighted by molar-refractivity contribution is -0.140. The van der Waals surface area contributed by atoms with Crippen LogP contribution in [0.4, 0.5) is 0 Å². The van der Waals surface area contributed by atoms with Gasteiger partial charge in [-0.25, -0.2) is 0 Å². The number of hydrogen-bond donors (Lipinski definition) is 10. The zero-order valence-corrected chi connectivity index (χ0v) is 27.6. The predicted molar refractivity (Wildman–Crippen MR) is 178 cm³/mol. The molecule has 0 bridgehead atoms. The highest BCUT2D eigenvalue weighted by Crippen LogP contribution is 2.03. The molecule has 0 spiro atoms. The molecule has 0 saturated carbocycles. The lowest BCUT2D eigenvalue weighted by atomic mass is 10.1.